The summed E-state index contributed by atoms with van der Waals surface area (Å²) < 4.78 is 0. The Morgan fingerprint density at radius 2 is 1.74 bits per heavy atom. The van der Waals surface area contributed by atoms with Crippen LogP contribution in [0.5, 0.6) is 0 Å². The Balaban J connectivity index is 1.90. The molecule has 2 rings (SSSR count). The van der Waals surface area contributed by atoms with E-state index in [1.54, 1.807) is 12.1 Å². The van der Waals surface area contributed by atoms with Gasteiger partial charge in [0.25, 0.3) is 0 Å². The lowest BCUT2D eigenvalue weighted by molar-refractivity contribution is -0.141. The molecule has 1 aromatic carbocycles. The van der Waals surface area contributed by atoms with Gasteiger partial charge in [-0.15, -0.1) is 4.91 Å². The van der Waals surface area contributed by atoms with Crippen molar-refractivity contribution in [2.75, 3.05) is 13.1 Å². The van der Waals surface area contributed by atoms with Gasteiger partial charge in [-0.25, -0.2) is 0 Å². The van der Waals surface area contributed by atoms with Crippen molar-refractivity contribution in [3.63, 3.8) is 0 Å². The van der Waals surface area contributed by atoms with Gasteiger partial charge in [-0.05, 0) is 50.4 Å². The van der Waals surface area contributed by atoms with Crippen molar-refractivity contribution in [3.8, 4) is 0 Å². The smallest absolute Gasteiger partial charge is 0.303 e. The number of Topliss-reactive ketones (excluding diaryl/α,β-unsaturated/α-hetero) is 1. The summed E-state index contributed by atoms with van der Waals surface area (Å²) in [4.78, 5) is 85.6. The maximum atomic E-state index is 13.0. The van der Waals surface area contributed by atoms with Crippen molar-refractivity contribution in [2.45, 2.75) is 63.7 Å². The van der Waals surface area contributed by atoms with Gasteiger partial charge in [0.2, 0.25) is 23.6 Å². The Labute approximate surface area is 218 Å². The van der Waals surface area contributed by atoms with Crippen LogP contribution in [0.4, 0.5) is 5.69 Å². The Kier molecular flexibility index (Phi) is 11.0. The third kappa shape index (κ3) is 8.16. The van der Waals surface area contributed by atoms with E-state index >= 15 is 0 Å². The average Bonchev–Trinajstić information content (AvgIpc) is 3.39. The second kappa shape index (κ2) is 13.9. The van der Waals surface area contributed by atoms with E-state index in [1.165, 1.54) is 30.9 Å². The van der Waals surface area contributed by atoms with E-state index < -0.39 is 59.5 Å². The minimum atomic E-state index is -1.11. The Hall–Kier alpha value is -4.20. The summed E-state index contributed by atoms with van der Waals surface area (Å²) in [5, 5.41) is 18.9. The maximum Gasteiger partial charge on any atom is 0.303 e. The predicted octanol–water partition coefficient (Wildman–Crippen LogP) is -0.424. The number of carboxylic acids is 1. The van der Waals surface area contributed by atoms with Crippen LogP contribution in [0.2, 0.25) is 0 Å². The van der Waals surface area contributed by atoms with Gasteiger partial charge in [0.15, 0.2) is 5.78 Å². The molecule has 0 saturated carbocycles. The van der Waals surface area contributed by atoms with Crippen LogP contribution in [0.15, 0.2) is 29.4 Å². The molecular formula is C24H32N6O8. The standard InChI is InChI=1S/C24H32N6O8/c1-13(27-22(35)16(25)9-10-20(32)33)21(34)28-14(2)24(37)30-11-5-8-18(30)23(36)26-12-19(31)15-6-3-4-7-17(15)29-38/h3-4,6-7,13-14,16,18H,5,8-12,25H2,1-2H3,(H,26,36)(H,27,35)(H,28,34)(H,32,33)/t13-,14-,16-,18-/m0/s1. The zero-order chi connectivity index (χ0) is 28.4. The first-order valence-corrected chi connectivity index (χ1v) is 12.1. The number of carboxylic acid groups (broad SMARTS) is 1. The molecule has 6 N–H and O–H groups in total. The maximum absolute atomic E-state index is 13.0. The van der Waals surface area contributed by atoms with Gasteiger partial charge < -0.3 is 31.7 Å². The first-order chi connectivity index (χ1) is 18.0. The first-order valence-electron chi connectivity index (χ1n) is 12.1. The van der Waals surface area contributed by atoms with Crippen molar-refractivity contribution >= 4 is 41.1 Å². The largest absolute Gasteiger partial charge is 0.481 e. The molecule has 1 aliphatic heterocycles. The number of hydrogen-bond donors (Lipinski definition) is 5. The number of amides is 4. The number of hydrogen-bond acceptors (Lipinski definition) is 9. The highest BCUT2D eigenvalue weighted by atomic mass is 16.4. The molecule has 4 amide bonds. The molecule has 0 aromatic heterocycles. The number of carbonyl (C=O) groups is 6. The number of likely N-dealkylation sites (tertiary alicyclic amines) is 1. The number of aliphatic carboxylic acids is 1. The highest BCUT2D eigenvalue weighted by Crippen LogP contribution is 2.20. The van der Waals surface area contributed by atoms with E-state index in [4.69, 9.17) is 10.8 Å². The van der Waals surface area contributed by atoms with Crippen LogP contribution < -0.4 is 21.7 Å². The monoisotopic (exact) mass is 532 g/mol. The van der Waals surface area contributed by atoms with Crippen molar-refractivity contribution in [2.24, 2.45) is 10.9 Å². The SMILES string of the molecule is C[C@H](NC(=O)[C@@H](N)CCC(=O)O)C(=O)N[C@@H](C)C(=O)N1CCC[C@H]1C(=O)NCC(=O)c1ccccc1N=O. The van der Waals surface area contributed by atoms with Crippen LogP contribution in [-0.2, 0) is 24.0 Å². The topological polar surface area (TPSA) is 217 Å². The summed E-state index contributed by atoms with van der Waals surface area (Å²) in [6.45, 7) is 2.71. The van der Waals surface area contributed by atoms with Crippen LogP contribution in [0, 0.1) is 4.91 Å². The van der Waals surface area contributed by atoms with Crippen LogP contribution in [0.25, 0.3) is 0 Å². The molecule has 1 heterocycles. The van der Waals surface area contributed by atoms with Gasteiger partial charge in [-0.2, -0.15) is 0 Å². The molecule has 38 heavy (non-hydrogen) atoms. The molecule has 4 atom stereocenters. The lowest BCUT2D eigenvalue weighted by atomic mass is 10.1. The molecule has 1 aliphatic rings. The molecule has 1 saturated heterocycles. The average molecular weight is 533 g/mol. The number of nitrogens with one attached hydrogen (secondary N) is 3. The molecule has 14 nitrogen and oxygen atoms in total. The van der Waals surface area contributed by atoms with Crippen LogP contribution in [0.3, 0.4) is 0 Å². The number of carbonyl (C=O) groups excluding carboxylic acids is 5. The summed E-state index contributed by atoms with van der Waals surface area (Å²) in [6, 6.07) is 1.89. The summed E-state index contributed by atoms with van der Waals surface area (Å²) in [6.07, 6.45) is 0.494. The molecule has 0 bridgehead atoms. The minimum absolute atomic E-state index is 0.0401. The molecule has 14 heteroatoms. The summed E-state index contributed by atoms with van der Waals surface area (Å²) in [7, 11) is 0. The normalized spacial score (nSPS) is 17.0. The van der Waals surface area contributed by atoms with E-state index in [2.05, 4.69) is 21.1 Å². The van der Waals surface area contributed by atoms with E-state index in [0.717, 1.165) is 0 Å². The van der Waals surface area contributed by atoms with Crippen LogP contribution >= 0.6 is 0 Å². The second-order valence-electron chi connectivity index (χ2n) is 8.94. The van der Waals surface area contributed by atoms with Crippen LogP contribution in [0.1, 0.15) is 49.9 Å². The van der Waals surface area contributed by atoms with Gasteiger partial charge in [-0.1, -0.05) is 12.1 Å². The summed E-state index contributed by atoms with van der Waals surface area (Å²) in [5.41, 5.74) is 5.67. The molecule has 1 aromatic rings. The van der Waals surface area contributed by atoms with Gasteiger partial charge in [0, 0.05) is 18.5 Å². The lowest BCUT2D eigenvalue weighted by Gasteiger charge is -2.27. The Bertz CT molecular complexity index is 1090. The third-order valence-corrected chi connectivity index (χ3v) is 6.05. The number of benzene rings is 1. The van der Waals surface area contributed by atoms with Crippen molar-refractivity contribution in [3.05, 3.63) is 34.7 Å². The fraction of sp³-hybridized carbons (Fsp3) is 0.500. The Morgan fingerprint density at radius 3 is 2.39 bits per heavy atom. The quantitative estimate of drug-likeness (QED) is 0.164. The Morgan fingerprint density at radius 1 is 1.08 bits per heavy atom. The van der Waals surface area contributed by atoms with Crippen molar-refractivity contribution in [1.82, 2.24) is 20.9 Å². The molecule has 1 fully saturated rings. The van der Waals surface area contributed by atoms with Crippen molar-refractivity contribution < 1.29 is 33.9 Å². The molecule has 0 spiro atoms. The zero-order valence-electron chi connectivity index (χ0n) is 21.1. The van der Waals surface area contributed by atoms with E-state index in [-0.39, 0.29) is 37.2 Å². The molecule has 0 unspecified atom stereocenters. The fourth-order valence-electron chi connectivity index (χ4n) is 3.92. The molecule has 0 aliphatic carbocycles. The van der Waals surface area contributed by atoms with Gasteiger partial charge in [0.1, 0.15) is 23.8 Å². The third-order valence-electron chi connectivity index (χ3n) is 6.05. The summed E-state index contributed by atoms with van der Waals surface area (Å²) in [5.74, 6) is -4.05. The fourth-order valence-corrected chi connectivity index (χ4v) is 3.92. The highest BCUT2D eigenvalue weighted by Gasteiger charge is 2.37. The summed E-state index contributed by atoms with van der Waals surface area (Å²) >= 11 is 0. The highest BCUT2D eigenvalue weighted by molar-refractivity contribution is 6.03. The number of nitrogens with zero attached hydrogens (tertiary/aromatic N) is 2. The number of rotatable bonds is 13. The van der Waals surface area contributed by atoms with Gasteiger partial charge in [-0.3, -0.25) is 28.8 Å². The zero-order valence-corrected chi connectivity index (χ0v) is 21.1. The predicted molar refractivity (Wildman–Crippen MR) is 134 cm³/mol. The minimum Gasteiger partial charge on any atom is -0.481 e. The molecular weight excluding hydrogens is 500 g/mol. The van der Waals surface area contributed by atoms with E-state index in [1.807, 2.05) is 0 Å². The first kappa shape index (κ1) is 30.0. The van der Waals surface area contributed by atoms with Crippen molar-refractivity contribution in [1.29, 1.82) is 0 Å². The van der Waals surface area contributed by atoms with E-state index in [9.17, 15) is 33.7 Å². The number of ketones is 1. The molecule has 206 valence electrons. The molecule has 0 radical (unpaired) electrons. The van der Waals surface area contributed by atoms with Crippen LogP contribution in [-0.4, -0.2) is 82.6 Å². The lowest BCUT2D eigenvalue weighted by Crippen LogP contribution is -2.56. The second-order valence-corrected chi connectivity index (χ2v) is 8.94. The van der Waals surface area contributed by atoms with Gasteiger partial charge >= 0.3 is 5.97 Å². The van der Waals surface area contributed by atoms with Gasteiger partial charge in [0.05, 0.1) is 12.6 Å². The number of nitroso groups, excluding NO2 is 1. The number of nitrogens with two attached hydrogens (primary N) is 1. The van der Waals surface area contributed by atoms with E-state index in [0.29, 0.717) is 12.8 Å².